The monoisotopic (exact) mass is 384 g/mol. The van der Waals surface area contributed by atoms with E-state index in [9.17, 15) is 28.6 Å². The third kappa shape index (κ3) is 5.27. The Hall–Kier alpha value is -2.94. The maximum atomic E-state index is 12.5. The number of carbonyl (C=O) groups is 1. The fraction of sp³-hybridized carbons (Fsp3) is 0.333. The van der Waals surface area contributed by atoms with Gasteiger partial charge in [0, 0.05) is 6.07 Å². The Balaban J connectivity index is 2.54. The smallest absolute Gasteiger partial charge is 0.387 e. The molecule has 1 atom stereocenters. The maximum Gasteiger partial charge on any atom is 0.387 e. The largest absolute Gasteiger partial charge is 0.502 e. The lowest BCUT2D eigenvalue weighted by atomic mass is 9.92. The van der Waals surface area contributed by atoms with Gasteiger partial charge in [-0.2, -0.15) is 8.78 Å². The Bertz CT molecular complexity index is 848. The zero-order chi connectivity index (χ0) is 20.0. The minimum atomic E-state index is -3.05. The molecule has 2 rings (SSSR count). The Labute approximate surface area is 152 Å². The molecule has 9 heteroatoms. The Kier molecular flexibility index (Phi) is 6.89. The summed E-state index contributed by atoms with van der Waals surface area (Å²) in [7, 11) is 0. The third-order valence-electron chi connectivity index (χ3n) is 3.63. The topological polar surface area (TPSA) is 106 Å². The van der Waals surface area contributed by atoms with E-state index in [1.165, 1.54) is 24.3 Å². The van der Waals surface area contributed by atoms with Crippen LogP contribution in [0.25, 0.3) is 0 Å². The summed E-state index contributed by atoms with van der Waals surface area (Å²) in [5, 5.41) is 19.3. The first kappa shape index (κ1) is 20.4. The molecule has 0 saturated carbocycles. The van der Waals surface area contributed by atoms with Crippen molar-refractivity contribution in [2.24, 2.45) is 0 Å². The number of aromatic hydroxyl groups is 1. The Morgan fingerprint density at radius 2 is 2.04 bits per heavy atom. The van der Waals surface area contributed by atoms with Gasteiger partial charge in [0.25, 0.3) is 0 Å². The van der Waals surface area contributed by atoms with Gasteiger partial charge in [-0.1, -0.05) is 12.1 Å². The molecule has 1 unspecified atom stereocenters. The number of carbonyl (C=O) groups excluding carboxylic acids is 1. The number of aliphatic hydroxyl groups is 1. The molecule has 0 aliphatic rings. The molecular weight excluding hydrogens is 366 g/mol. The van der Waals surface area contributed by atoms with Crippen LogP contribution in [0.15, 0.2) is 39.5 Å². The van der Waals surface area contributed by atoms with E-state index >= 15 is 0 Å². The predicted molar refractivity (Wildman–Crippen MR) is 88.7 cm³/mol. The summed E-state index contributed by atoms with van der Waals surface area (Å²) in [6.45, 7) is -1.95. The minimum absolute atomic E-state index is 0.104. The molecule has 27 heavy (non-hydrogen) atoms. The first-order valence-electron chi connectivity index (χ1n) is 8.02. The zero-order valence-electron chi connectivity index (χ0n) is 14.4. The SMILES string of the molecule is CCOC(=O)CC(c1cccc(OC(F)F)c1)c1oc(CO)cc(=O)c1O. The molecule has 0 radical (unpaired) electrons. The highest BCUT2D eigenvalue weighted by Gasteiger charge is 2.27. The van der Waals surface area contributed by atoms with Crippen molar-refractivity contribution in [1.29, 1.82) is 0 Å². The van der Waals surface area contributed by atoms with Crippen LogP contribution in [0.3, 0.4) is 0 Å². The molecule has 1 aromatic heterocycles. The van der Waals surface area contributed by atoms with Crippen LogP contribution in [0.1, 0.15) is 36.3 Å². The summed E-state index contributed by atoms with van der Waals surface area (Å²) in [6, 6.07) is 6.35. The second-order valence-electron chi connectivity index (χ2n) is 5.46. The van der Waals surface area contributed by atoms with Crippen LogP contribution >= 0.6 is 0 Å². The number of alkyl halides is 2. The highest BCUT2D eigenvalue weighted by molar-refractivity contribution is 5.71. The van der Waals surface area contributed by atoms with Crippen molar-refractivity contribution in [3.05, 3.63) is 57.6 Å². The summed E-state index contributed by atoms with van der Waals surface area (Å²) in [4.78, 5) is 23.9. The molecule has 2 aromatic rings. The first-order chi connectivity index (χ1) is 12.8. The quantitative estimate of drug-likeness (QED) is 0.674. The van der Waals surface area contributed by atoms with Gasteiger partial charge in [-0.15, -0.1) is 0 Å². The van der Waals surface area contributed by atoms with Crippen LogP contribution in [0, 0.1) is 0 Å². The summed E-state index contributed by atoms with van der Waals surface area (Å²) >= 11 is 0. The van der Waals surface area contributed by atoms with Crippen molar-refractivity contribution < 1.29 is 37.7 Å². The van der Waals surface area contributed by atoms with E-state index in [2.05, 4.69) is 4.74 Å². The molecule has 0 bridgehead atoms. The van der Waals surface area contributed by atoms with Gasteiger partial charge in [-0.25, -0.2) is 0 Å². The van der Waals surface area contributed by atoms with Crippen LogP contribution in [-0.4, -0.2) is 29.4 Å². The molecule has 1 heterocycles. The predicted octanol–water partition coefficient (Wildman–Crippen LogP) is 2.52. The maximum absolute atomic E-state index is 12.5. The third-order valence-corrected chi connectivity index (χ3v) is 3.63. The van der Waals surface area contributed by atoms with Gasteiger partial charge in [0.05, 0.1) is 18.9 Å². The second-order valence-corrected chi connectivity index (χ2v) is 5.46. The van der Waals surface area contributed by atoms with Crippen LogP contribution in [0.5, 0.6) is 11.5 Å². The molecule has 0 fully saturated rings. The van der Waals surface area contributed by atoms with Gasteiger partial charge < -0.3 is 24.1 Å². The van der Waals surface area contributed by atoms with Crippen LogP contribution in [0.4, 0.5) is 8.78 Å². The minimum Gasteiger partial charge on any atom is -0.502 e. The number of benzene rings is 1. The Morgan fingerprint density at radius 3 is 2.67 bits per heavy atom. The van der Waals surface area contributed by atoms with E-state index < -0.39 is 36.3 Å². The summed E-state index contributed by atoms with van der Waals surface area (Å²) in [5.41, 5.74) is -0.538. The number of esters is 1. The molecule has 0 amide bonds. The number of hydrogen-bond donors (Lipinski definition) is 2. The molecule has 7 nitrogen and oxygen atoms in total. The number of aliphatic hydroxyl groups excluding tert-OH is 1. The van der Waals surface area contributed by atoms with Crippen molar-refractivity contribution in [3.8, 4) is 11.5 Å². The lowest BCUT2D eigenvalue weighted by Crippen LogP contribution is -2.15. The normalized spacial score (nSPS) is 12.0. The van der Waals surface area contributed by atoms with Crippen molar-refractivity contribution in [2.45, 2.75) is 32.5 Å². The van der Waals surface area contributed by atoms with Crippen molar-refractivity contribution in [3.63, 3.8) is 0 Å². The number of halogens is 2. The highest BCUT2D eigenvalue weighted by Crippen LogP contribution is 2.35. The van der Waals surface area contributed by atoms with Crippen LogP contribution in [-0.2, 0) is 16.1 Å². The highest BCUT2D eigenvalue weighted by atomic mass is 19.3. The van der Waals surface area contributed by atoms with Gasteiger partial charge in [0.15, 0.2) is 5.76 Å². The summed E-state index contributed by atoms with van der Waals surface area (Å²) in [5.74, 6) is -3.00. The van der Waals surface area contributed by atoms with E-state index in [1.54, 1.807) is 6.92 Å². The lowest BCUT2D eigenvalue weighted by Gasteiger charge is -2.18. The second kappa shape index (κ2) is 9.13. The molecule has 2 N–H and O–H groups in total. The van der Waals surface area contributed by atoms with Gasteiger partial charge in [0.1, 0.15) is 18.1 Å². The van der Waals surface area contributed by atoms with Gasteiger partial charge in [-0.3, -0.25) is 9.59 Å². The first-order valence-corrected chi connectivity index (χ1v) is 8.02. The van der Waals surface area contributed by atoms with Gasteiger partial charge in [-0.05, 0) is 24.6 Å². The van der Waals surface area contributed by atoms with Crippen LogP contribution in [0.2, 0.25) is 0 Å². The van der Waals surface area contributed by atoms with E-state index in [0.29, 0.717) is 0 Å². The molecular formula is C18H18F2O7. The van der Waals surface area contributed by atoms with E-state index in [0.717, 1.165) is 6.07 Å². The van der Waals surface area contributed by atoms with Crippen molar-refractivity contribution >= 4 is 5.97 Å². The van der Waals surface area contributed by atoms with E-state index in [4.69, 9.17) is 9.15 Å². The Morgan fingerprint density at radius 1 is 1.30 bits per heavy atom. The van der Waals surface area contributed by atoms with E-state index in [1.807, 2.05) is 0 Å². The fourth-order valence-corrected chi connectivity index (χ4v) is 2.53. The number of hydrogen-bond acceptors (Lipinski definition) is 7. The molecule has 0 aliphatic heterocycles. The van der Waals surface area contributed by atoms with Gasteiger partial charge >= 0.3 is 12.6 Å². The lowest BCUT2D eigenvalue weighted by molar-refractivity contribution is -0.143. The molecule has 1 aromatic carbocycles. The summed E-state index contributed by atoms with van der Waals surface area (Å²) < 4.78 is 39.6. The fourth-order valence-electron chi connectivity index (χ4n) is 2.53. The average molecular weight is 384 g/mol. The summed E-state index contributed by atoms with van der Waals surface area (Å²) in [6.07, 6.45) is -0.336. The van der Waals surface area contributed by atoms with Crippen molar-refractivity contribution in [1.82, 2.24) is 0 Å². The van der Waals surface area contributed by atoms with Gasteiger partial charge in [0.2, 0.25) is 11.2 Å². The number of rotatable bonds is 8. The van der Waals surface area contributed by atoms with E-state index in [-0.39, 0.29) is 35.9 Å². The molecule has 0 saturated heterocycles. The van der Waals surface area contributed by atoms with Crippen LogP contribution < -0.4 is 10.2 Å². The average Bonchev–Trinajstić information content (AvgIpc) is 2.62. The molecule has 146 valence electrons. The standard InChI is InChI=1S/C18H18F2O7/c1-2-25-15(23)8-13(10-4-3-5-11(6-10)27-18(19)20)17-16(24)14(22)7-12(9-21)26-17/h3-7,13,18,21,24H,2,8-9H2,1H3. The molecule has 0 spiro atoms. The zero-order valence-corrected chi connectivity index (χ0v) is 14.4. The van der Waals surface area contributed by atoms with Crippen molar-refractivity contribution in [2.75, 3.05) is 6.61 Å². The molecule has 0 aliphatic carbocycles. The number of ether oxygens (including phenoxy) is 2.